The van der Waals surface area contributed by atoms with Crippen LogP contribution in [-0.2, 0) is 0 Å². The predicted octanol–water partition coefficient (Wildman–Crippen LogP) is 2.43. The van der Waals surface area contributed by atoms with Crippen LogP contribution in [0.25, 0.3) is 0 Å². The van der Waals surface area contributed by atoms with Crippen molar-refractivity contribution in [2.24, 2.45) is 0 Å². The number of nitrogen functional groups attached to an aromatic ring is 1. The molecule has 0 aliphatic rings. The van der Waals surface area contributed by atoms with Gasteiger partial charge in [0, 0.05) is 5.69 Å². The maximum Gasteiger partial charge on any atom is 0.125 e. The molecule has 0 saturated carbocycles. The van der Waals surface area contributed by atoms with Crippen LogP contribution < -0.4 is 5.73 Å². The van der Waals surface area contributed by atoms with E-state index in [2.05, 4.69) is 0 Å². The van der Waals surface area contributed by atoms with Gasteiger partial charge in [0.1, 0.15) is 5.82 Å². The Morgan fingerprint density at radius 1 is 1.30 bits per heavy atom. The summed E-state index contributed by atoms with van der Waals surface area (Å²) in [6.45, 7) is 4.00. The molecule has 0 saturated heterocycles. The van der Waals surface area contributed by atoms with Crippen molar-refractivity contribution in [2.45, 2.75) is 13.8 Å². The lowest BCUT2D eigenvalue weighted by Crippen LogP contribution is -1.83. The first-order valence-electron chi connectivity index (χ1n) is 3.30. The molecule has 10 heavy (non-hydrogen) atoms. The van der Waals surface area contributed by atoms with Gasteiger partial charge in [0.25, 0.3) is 0 Å². The molecule has 0 aliphatic carbocycles. The second-order valence-corrected chi connectivity index (χ2v) is 1.56. The Bertz CT molecular complexity index is 169. The minimum atomic E-state index is -0.287. The van der Waals surface area contributed by atoms with E-state index in [9.17, 15) is 4.39 Å². The Kier molecular flexibility index (Phi) is 4.29. The second kappa shape index (κ2) is 4.79. The van der Waals surface area contributed by atoms with E-state index >= 15 is 0 Å². The van der Waals surface area contributed by atoms with E-state index in [1.807, 2.05) is 13.8 Å². The van der Waals surface area contributed by atoms with Crippen molar-refractivity contribution in [3.63, 3.8) is 0 Å². The molecule has 0 amide bonds. The van der Waals surface area contributed by atoms with Gasteiger partial charge < -0.3 is 5.73 Å². The van der Waals surface area contributed by atoms with E-state index in [-0.39, 0.29) is 5.82 Å². The van der Waals surface area contributed by atoms with Gasteiger partial charge in [-0.15, -0.1) is 0 Å². The van der Waals surface area contributed by atoms with Crippen LogP contribution in [0.2, 0.25) is 0 Å². The molecule has 1 aromatic carbocycles. The normalized spacial score (nSPS) is 7.90. The summed E-state index contributed by atoms with van der Waals surface area (Å²) in [5.74, 6) is -0.287. The van der Waals surface area contributed by atoms with Crippen LogP contribution >= 0.6 is 0 Å². The van der Waals surface area contributed by atoms with Crippen molar-refractivity contribution in [1.29, 1.82) is 0 Å². The van der Waals surface area contributed by atoms with Crippen molar-refractivity contribution < 1.29 is 4.39 Å². The zero-order chi connectivity index (χ0) is 7.98. The summed E-state index contributed by atoms with van der Waals surface area (Å²) in [6.07, 6.45) is 0. The van der Waals surface area contributed by atoms with E-state index in [0.717, 1.165) is 0 Å². The maximum atomic E-state index is 12.1. The summed E-state index contributed by atoms with van der Waals surface area (Å²) in [5.41, 5.74) is 5.68. The van der Waals surface area contributed by atoms with E-state index in [1.165, 1.54) is 12.1 Å². The zero-order valence-electron chi connectivity index (χ0n) is 6.26. The predicted molar refractivity (Wildman–Crippen MR) is 42.2 cm³/mol. The molecule has 1 aromatic rings. The second-order valence-electron chi connectivity index (χ2n) is 1.56. The van der Waals surface area contributed by atoms with Gasteiger partial charge in [-0.1, -0.05) is 19.9 Å². The molecule has 0 heterocycles. The molecule has 0 fully saturated rings. The molecule has 56 valence electrons. The fraction of sp³-hybridized carbons (Fsp3) is 0.250. The third-order valence-corrected chi connectivity index (χ3v) is 0.849. The molecule has 0 atom stereocenters. The minimum absolute atomic E-state index is 0.287. The van der Waals surface area contributed by atoms with Gasteiger partial charge in [-0.05, 0) is 18.2 Å². The van der Waals surface area contributed by atoms with Crippen LogP contribution in [0.15, 0.2) is 24.3 Å². The molecule has 1 nitrogen and oxygen atoms in total. The Hall–Kier alpha value is -1.05. The molecule has 0 unspecified atom stereocenters. The van der Waals surface area contributed by atoms with Crippen molar-refractivity contribution in [3.05, 3.63) is 30.1 Å². The van der Waals surface area contributed by atoms with E-state index in [1.54, 1.807) is 12.1 Å². The number of halogens is 1. The van der Waals surface area contributed by atoms with Gasteiger partial charge in [-0.2, -0.15) is 0 Å². The van der Waals surface area contributed by atoms with Gasteiger partial charge in [0.05, 0.1) is 0 Å². The number of hydrogen-bond acceptors (Lipinski definition) is 1. The van der Waals surface area contributed by atoms with E-state index < -0.39 is 0 Å². The van der Waals surface area contributed by atoms with Gasteiger partial charge in [0.15, 0.2) is 0 Å². The van der Waals surface area contributed by atoms with Crippen LogP contribution in [0.3, 0.4) is 0 Å². The zero-order valence-corrected chi connectivity index (χ0v) is 6.26. The van der Waals surface area contributed by atoms with Crippen molar-refractivity contribution in [1.82, 2.24) is 0 Å². The van der Waals surface area contributed by atoms with Crippen LogP contribution in [0.1, 0.15) is 13.8 Å². The van der Waals surface area contributed by atoms with Gasteiger partial charge in [-0.3, -0.25) is 0 Å². The average Bonchev–Trinajstić information content (AvgIpc) is 1.91. The van der Waals surface area contributed by atoms with Gasteiger partial charge in [-0.25, -0.2) is 4.39 Å². The van der Waals surface area contributed by atoms with Crippen LogP contribution in [0.4, 0.5) is 10.1 Å². The fourth-order valence-electron chi connectivity index (χ4n) is 0.507. The molecule has 1 rings (SSSR count). The van der Waals surface area contributed by atoms with E-state index in [0.29, 0.717) is 5.69 Å². The Morgan fingerprint density at radius 3 is 2.20 bits per heavy atom. The number of rotatable bonds is 0. The lowest BCUT2D eigenvalue weighted by atomic mass is 10.3. The lowest BCUT2D eigenvalue weighted by molar-refractivity contribution is 0.628. The van der Waals surface area contributed by atoms with E-state index in [4.69, 9.17) is 5.73 Å². The Morgan fingerprint density at radius 2 is 1.90 bits per heavy atom. The summed E-state index contributed by atoms with van der Waals surface area (Å²) in [4.78, 5) is 0. The first-order valence-corrected chi connectivity index (χ1v) is 3.30. The number of hydrogen-bond donors (Lipinski definition) is 1. The largest absolute Gasteiger partial charge is 0.399 e. The Labute approximate surface area is 60.7 Å². The minimum Gasteiger partial charge on any atom is -0.399 e. The summed E-state index contributed by atoms with van der Waals surface area (Å²) in [7, 11) is 0. The summed E-state index contributed by atoms with van der Waals surface area (Å²) in [5, 5.41) is 0. The Balaban J connectivity index is 0.000000371. The molecule has 2 N–H and O–H groups in total. The third kappa shape index (κ3) is 3.07. The molecule has 0 radical (unpaired) electrons. The first-order chi connectivity index (χ1) is 4.79. The highest BCUT2D eigenvalue weighted by Gasteiger charge is 1.85. The maximum absolute atomic E-state index is 12.1. The van der Waals surface area contributed by atoms with Gasteiger partial charge >= 0.3 is 0 Å². The number of anilines is 1. The molecule has 2 heteroatoms. The highest BCUT2D eigenvalue weighted by atomic mass is 19.1. The van der Waals surface area contributed by atoms with Gasteiger partial charge in [0.2, 0.25) is 0 Å². The lowest BCUT2D eigenvalue weighted by Gasteiger charge is -1.88. The molecule has 0 bridgehead atoms. The molecule has 0 aromatic heterocycles. The van der Waals surface area contributed by atoms with Crippen molar-refractivity contribution >= 4 is 5.69 Å². The summed E-state index contributed by atoms with van der Waals surface area (Å²) >= 11 is 0. The number of nitrogens with two attached hydrogens (primary N) is 1. The van der Waals surface area contributed by atoms with Crippen molar-refractivity contribution in [3.8, 4) is 0 Å². The highest BCUT2D eigenvalue weighted by molar-refractivity contribution is 5.36. The third-order valence-electron chi connectivity index (χ3n) is 0.849. The van der Waals surface area contributed by atoms with Crippen LogP contribution in [-0.4, -0.2) is 0 Å². The fourth-order valence-corrected chi connectivity index (χ4v) is 0.507. The SMILES string of the molecule is CC.Nc1cccc(F)c1. The van der Waals surface area contributed by atoms with Crippen molar-refractivity contribution in [2.75, 3.05) is 5.73 Å². The quantitative estimate of drug-likeness (QED) is 0.552. The smallest absolute Gasteiger partial charge is 0.125 e. The summed E-state index contributed by atoms with van der Waals surface area (Å²) in [6, 6.07) is 5.85. The molecule has 0 spiro atoms. The monoisotopic (exact) mass is 141 g/mol. The molecular formula is C8H12FN. The van der Waals surface area contributed by atoms with Crippen LogP contribution in [0, 0.1) is 5.82 Å². The first kappa shape index (κ1) is 8.95. The molecule has 0 aliphatic heterocycles. The number of benzene rings is 1. The average molecular weight is 141 g/mol. The molecular weight excluding hydrogens is 129 g/mol. The van der Waals surface area contributed by atoms with Crippen LogP contribution in [0.5, 0.6) is 0 Å². The highest BCUT2D eigenvalue weighted by Crippen LogP contribution is 2.02. The standard InChI is InChI=1S/C6H6FN.C2H6/c7-5-2-1-3-6(8)4-5;1-2/h1-4H,8H2;1-2H3. The summed E-state index contributed by atoms with van der Waals surface area (Å²) < 4.78 is 12.1. The topological polar surface area (TPSA) is 26.0 Å².